The van der Waals surface area contributed by atoms with E-state index in [1.54, 1.807) is 12.1 Å². The van der Waals surface area contributed by atoms with E-state index >= 15 is 0 Å². The van der Waals surface area contributed by atoms with Crippen molar-refractivity contribution in [2.45, 2.75) is 12.5 Å². The average molecular weight is 395 g/mol. The lowest BCUT2D eigenvalue weighted by Crippen LogP contribution is -2.18. The van der Waals surface area contributed by atoms with Gasteiger partial charge in [0.1, 0.15) is 5.82 Å². The zero-order valence-electron chi connectivity index (χ0n) is 13.4. The first-order valence-electron chi connectivity index (χ1n) is 8.14. The molecule has 1 aliphatic heterocycles. The molecule has 25 heavy (non-hydrogen) atoms. The number of hydrogen-bond acceptors (Lipinski definition) is 2. The van der Waals surface area contributed by atoms with Gasteiger partial charge in [-0.3, -0.25) is 5.01 Å². The van der Waals surface area contributed by atoms with Crippen LogP contribution in [0.15, 0.2) is 88.4 Å². The van der Waals surface area contributed by atoms with E-state index in [0.29, 0.717) is 0 Å². The van der Waals surface area contributed by atoms with Crippen LogP contribution in [0, 0.1) is 5.82 Å². The second-order valence-corrected chi connectivity index (χ2v) is 6.92. The van der Waals surface area contributed by atoms with E-state index < -0.39 is 0 Å². The molecular formula is C21H16BrFN2. The summed E-state index contributed by atoms with van der Waals surface area (Å²) in [6.45, 7) is 0. The quantitative estimate of drug-likeness (QED) is 0.536. The summed E-state index contributed by atoms with van der Waals surface area (Å²) in [6.07, 6.45) is 0.780. The zero-order chi connectivity index (χ0) is 17.2. The number of rotatable bonds is 3. The lowest BCUT2D eigenvalue weighted by molar-refractivity contribution is 0.627. The first kappa shape index (κ1) is 16.0. The third kappa shape index (κ3) is 3.35. The Bertz CT molecular complexity index is 907. The molecule has 1 atom stereocenters. The van der Waals surface area contributed by atoms with Crippen LogP contribution in [0.25, 0.3) is 0 Å². The highest BCUT2D eigenvalue weighted by Crippen LogP contribution is 2.37. The van der Waals surface area contributed by atoms with Gasteiger partial charge < -0.3 is 0 Å². The van der Waals surface area contributed by atoms with Crippen LogP contribution >= 0.6 is 15.9 Å². The highest BCUT2D eigenvalue weighted by Gasteiger charge is 2.29. The fourth-order valence-corrected chi connectivity index (χ4v) is 3.51. The second-order valence-electron chi connectivity index (χ2n) is 6.01. The number of hydrogen-bond donors (Lipinski definition) is 0. The van der Waals surface area contributed by atoms with Crippen LogP contribution in [0.3, 0.4) is 0 Å². The van der Waals surface area contributed by atoms with Gasteiger partial charge in [0, 0.05) is 10.9 Å². The molecule has 0 bridgehead atoms. The Hall–Kier alpha value is -2.46. The molecule has 0 N–H and O–H groups in total. The highest BCUT2D eigenvalue weighted by molar-refractivity contribution is 9.10. The van der Waals surface area contributed by atoms with Gasteiger partial charge in [-0.25, -0.2) is 4.39 Å². The third-order valence-corrected chi connectivity index (χ3v) is 4.84. The van der Waals surface area contributed by atoms with E-state index in [4.69, 9.17) is 5.10 Å². The van der Waals surface area contributed by atoms with Gasteiger partial charge in [-0.2, -0.15) is 5.10 Å². The Morgan fingerprint density at radius 3 is 2.40 bits per heavy atom. The van der Waals surface area contributed by atoms with Gasteiger partial charge in [-0.05, 0) is 41.5 Å². The van der Waals surface area contributed by atoms with Gasteiger partial charge in [0.05, 0.1) is 17.4 Å². The van der Waals surface area contributed by atoms with Gasteiger partial charge in [0.25, 0.3) is 0 Å². The average Bonchev–Trinajstić information content (AvgIpc) is 3.08. The molecule has 0 saturated heterocycles. The lowest BCUT2D eigenvalue weighted by atomic mass is 9.98. The van der Waals surface area contributed by atoms with Gasteiger partial charge in [0.15, 0.2) is 0 Å². The van der Waals surface area contributed by atoms with Gasteiger partial charge in [0.2, 0.25) is 0 Å². The molecule has 0 radical (unpaired) electrons. The summed E-state index contributed by atoms with van der Waals surface area (Å²) in [6, 6.07) is 25.2. The summed E-state index contributed by atoms with van der Waals surface area (Å²) in [4.78, 5) is 0. The molecule has 2 nitrogen and oxygen atoms in total. The van der Waals surface area contributed by atoms with E-state index in [-0.39, 0.29) is 11.9 Å². The number of anilines is 1. The molecule has 4 rings (SSSR count). The maximum Gasteiger partial charge on any atom is 0.123 e. The van der Waals surface area contributed by atoms with Crippen LogP contribution in [0.1, 0.15) is 23.6 Å². The van der Waals surface area contributed by atoms with Crippen LogP contribution in [-0.2, 0) is 0 Å². The molecule has 124 valence electrons. The van der Waals surface area contributed by atoms with Crippen LogP contribution in [0.4, 0.5) is 10.1 Å². The molecule has 3 aromatic carbocycles. The standard InChI is InChI=1S/C21H16BrFN2/c22-17-7-4-8-19(13-17)25-21(16-5-2-1-3-6-16)14-20(24-25)15-9-11-18(23)12-10-15/h1-13,21H,14H2/t21-/m0/s1. The van der Waals surface area contributed by atoms with Crippen LogP contribution in [0.2, 0.25) is 0 Å². The second kappa shape index (κ2) is 6.81. The largest absolute Gasteiger partial charge is 0.257 e. The Labute approximate surface area is 154 Å². The van der Waals surface area contributed by atoms with Crippen molar-refractivity contribution in [2.75, 3.05) is 5.01 Å². The first-order chi connectivity index (χ1) is 12.2. The van der Waals surface area contributed by atoms with E-state index in [1.807, 2.05) is 30.3 Å². The summed E-state index contributed by atoms with van der Waals surface area (Å²) < 4.78 is 14.3. The maximum absolute atomic E-state index is 13.2. The normalized spacial score (nSPS) is 16.8. The fraction of sp³-hybridized carbons (Fsp3) is 0.0952. The van der Waals surface area contributed by atoms with Crippen LogP contribution < -0.4 is 5.01 Å². The predicted octanol–water partition coefficient (Wildman–Crippen LogP) is 5.94. The third-order valence-electron chi connectivity index (χ3n) is 4.34. The monoisotopic (exact) mass is 394 g/mol. The van der Waals surface area contributed by atoms with E-state index in [2.05, 4.69) is 45.2 Å². The molecule has 1 heterocycles. The van der Waals surface area contributed by atoms with Crippen molar-refractivity contribution in [1.29, 1.82) is 0 Å². The molecular weight excluding hydrogens is 379 g/mol. The van der Waals surface area contributed by atoms with Crippen LogP contribution in [0.5, 0.6) is 0 Å². The molecule has 0 fully saturated rings. The molecule has 0 amide bonds. The lowest BCUT2D eigenvalue weighted by Gasteiger charge is -2.24. The summed E-state index contributed by atoms with van der Waals surface area (Å²) >= 11 is 3.54. The molecule has 0 unspecified atom stereocenters. The summed E-state index contributed by atoms with van der Waals surface area (Å²) in [7, 11) is 0. The molecule has 0 saturated carbocycles. The molecule has 1 aliphatic rings. The maximum atomic E-state index is 13.2. The highest BCUT2D eigenvalue weighted by atomic mass is 79.9. The zero-order valence-corrected chi connectivity index (χ0v) is 15.0. The summed E-state index contributed by atoms with van der Waals surface area (Å²) in [5.41, 5.74) is 4.16. The SMILES string of the molecule is Fc1ccc(C2=NN(c3cccc(Br)c3)[C@H](c3ccccc3)C2)cc1. The van der Waals surface area contributed by atoms with E-state index in [9.17, 15) is 4.39 Å². The molecule has 4 heteroatoms. The molecule has 3 aromatic rings. The van der Waals surface area contributed by atoms with Crippen molar-refractivity contribution in [3.05, 3.63) is 100 Å². The van der Waals surface area contributed by atoms with Gasteiger partial charge in [-0.1, -0.05) is 64.5 Å². The Balaban J connectivity index is 1.76. The molecule has 0 aromatic heterocycles. The van der Waals surface area contributed by atoms with Crippen molar-refractivity contribution in [2.24, 2.45) is 5.10 Å². The topological polar surface area (TPSA) is 15.6 Å². The Morgan fingerprint density at radius 1 is 0.920 bits per heavy atom. The van der Waals surface area contributed by atoms with Crippen molar-refractivity contribution in [3.8, 4) is 0 Å². The molecule has 0 spiro atoms. The summed E-state index contributed by atoms with van der Waals surface area (Å²) in [5, 5.41) is 6.92. The minimum atomic E-state index is -0.231. The number of nitrogens with zero attached hydrogens (tertiary/aromatic N) is 2. The van der Waals surface area contributed by atoms with Crippen molar-refractivity contribution in [1.82, 2.24) is 0 Å². The van der Waals surface area contributed by atoms with Gasteiger partial charge >= 0.3 is 0 Å². The van der Waals surface area contributed by atoms with E-state index in [0.717, 1.165) is 27.9 Å². The first-order valence-corrected chi connectivity index (χ1v) is 8.93. The molecule has 0 aliphatic carbocycles. The predicted molar refractivity (Wildman–Crippen MR) is 103 cm³/mol. The van der Waals surface area contributed by atoms with Crippen molar-refractivity contribution < 1.29 is 4.39 Å². The smallest absolute Gasteiger partial charge is 0.123 e. The van der Waals surface area contributed by atoms with Crippen molar-refractivity contribution >= 4 is 27.3 Å². The number of hydrazone groups is 1. The van der Waals surface area contributed by atoms with Gasteiger partial charge in [-0.15, -0.1) is 0 Å². The number of benzene rings is 3. The van der Waals surface area contributed by atoms with Crippen LogP contribution in [-0.4, -0.2) is 5.71 Å². The number of halogens is 2. The minimum absolute atomic E-state index is 0.121. The Morgan fingerprint density at radius 2 is 1.68 bits per heavy atom. The van der Waals surface area contributed by atoms with Crippen molar-refractivity contribution in [3.63, 3.8) is 0 Å². The fourth-order valence-electron chi connectivity index (χ4n) is 3.12. The summed E-state index contributed by atoms with van der Waals surface area (Å²) in [5.74, 6) is -0.231. The minimum Gasteiger partial charge on any atom is -0.257 e. The van der Waals surface area contributed by atoms with E-state index in [1.165, 1.54) is 17.7 Å². The Kier molecular flexibility index (Phi) is 4.36.